The summed E-state index contributed by atoms with van der Waals surface area (Å²) in [6.45, 7) is 0. The second kappa shape index (κ2) is 6.76. The van der Waals surface area contributed by atoms with Crippen LogP contribution in [0.5, 0.6) is 0 Å². The van der Waals surface area contributed by atoms with Gasteiger partial charge in [0.15, 0.2) is 5.82 Å². The van der Waals surface area contributed by atoms with E-state index in [0.29, 0.717) is 39.8 Å². The van der Waals surface area contributed by atoms with Gasteiger partial charge in [0.2, 0.25) is 0 Å². The van der Waals surface area contributed by atoms with Crippen molar-refractivity contribution in [2.45, 2.75) is 31.7 Å². The largest absolute Gasteiger partial charge is 0.481 e. The summed E-state index contributed by atoms with van der Waals surface area (Å²) >= 11 is 0. The van der Waals surface area contributed by atoms with Crippen LogP contribution < -0.4 is 5.32 Å². The number of anilines is 1. The molecule has 0 saturated heterocycles. The molecule has 8 nitrogen and oxygen atoms in total. The number of aliphatic carboxylic acids is 1. The highest BCUT2D eigenvalue weighted by molar-refractivity contribution is 5.95. The van der Waals surface area contributed by atoms with Gasteiger partial charge in [0.1, 0.15) is 22.9 Å². The molecule has 0 radical (unpaired) electrons. The van der Waals surface area contributed by atoms with Crippen LogP contribution in [0, 0.1) is 23.6 Å². The zero-order valence-electron chi connectivity index (χ0n) is 16.6. The van der Waals surface area contributed by atoms with Gasteiger partial charge in [-0.25, -0.2) is 19.3 Å². The molecule has 158 valence electrons. The summed E-state index contributed by atoms with van der Waals surface area (Å²) in [6.07, 6.45) is 8.68. The summed E-state index contributed by atoms with van der Waals surface area (Å²) in [6, 6.07) is 3.12. The first-order chi connectivity index (χ1) is 15.1. The molecule has 3 aliphatic carbocycles. The highest BCUT2D eigenvalue weighted by atomic mass is 19.1. The summed E-state index contributed by atoms with van der Waals surface area (Å²) in [7, 11) is 0. The maximum absolute atomic E-state index is 13.8. The number of hydrogen-bond acceptors (Lipinski definition) is 5. The fourth-order valence-corrected chi connectivity index (χ4v) is 5.50. The number of carboxylic acids is 1. The first-order valence-electron chi connectivity index (χ1n) is 10.6. The van der Waals surface area contributed by atoms with E-state index in [-0.39, 0.29) is 12.0 Å². The third-order valence-corrected chi connectivity index (χ3v) is 6.96. The Morgan fingerprint density at radius 1 is 1.10 bits per heavy atom. The Kier molecular flexibility index (Phi) is 3.99. The zero-order valence-corrected chi connectivity index (χ0v) is 16.6. The fraction of sp³-hybridized carbons (Fsp3) is 0.364. The van der Waals surface area contributed by atoms with Crippen molar-refractivity contribution in [1.82, 2.24) is 24.9 Å². The van der Waals surface area contributed by atoms with E-state index in [9.17, 15) is 14.3 Å². The summed E-state index contributed by atoms with van der Waals surface area (Å²) in [5.41, 5.74) is 1.83. The molecule has 3 fully saturated rings. The van der Waals surface area contributed by atoms with E-state index in [1.165, 1.54) is 6.07 Å². The number of hydrogen-bond donors (Lipinski definition) is 4. The molecule has 4 heterocycles. The standard InChI is InChI=1S/C22H21FN6O2/c23-12-7-14-15(9-26-18(14)25-8-12)21-28-19-13(5-6-24-19)20(29-21)27-17-11-3-1-10(2-4-11)16(17)22(30)31/h5-11,16-17H,1-4H2,(H,25,26)(H,30,31)(H2,24,27,28,29)/t10?,11?,16-,17-/m0/s1. The summed E-state index contributed by atoms with van der Waals surface area (Å²) in [4.78, 5) is 31.7. The zero-order chi connectivity index (χ0) is 21.1. The van der Waals surface area contributed by atoms with Crippen LogP contribution in [-0.2, 0) is 4.79 Å². The molecule has 7 rings (SSSR count). The van der Waals surface area contributed by atoms with E-state index in [4.69, 9.17) is 4.98 Å². The number of pyridine rings is 1. The molecule has 3 aliphatic rings. The molecule has 0 aromatic carbocycles. The molecule has 0 amide bonds. The third-order valence-electron chi connectivity index (χ3n) is 6.96. The van der Waals surface area contributed by atoms with Crippen LogP contribution in [0.2, 0.25) is 0 Å². The minimum absolute atomic E-state index is 0.173. The Morgan fingerprint density at radius 3 is 2.71 bits per heavy atom. The van der Waals surface area contributed by atoms with Gasteiger partial charge in [-0.1, -0.05) is 0 Å². The smallest absolute Gasteiger partial charge is 0.308 e. The van der Waals surface area contributed by atoms with Crippen molar-refractivity contribution in [3.8, 4) is 11.4 Å². The maximum Gasteiger partial charge on any atom is 0.308 e. The lowest BCUT2D eigenvalue weighted by Gasteiger charge is -2.47. The molecule has 2 atom stereocenters. The molecule has 0 unspecified atom stereocenters. The van der Waals surface area contributed by atoms with E-state index in [0.717, 1.165) is 37.3 Å². The van der Waals surface area contributed by atoms with Crippen molar-refractivity contribution in [3.05, 3.63) is 36.5 Å². The Hall–Kier alpha value is -3.49. The second-order valence-electron chi connectivity index (χ2n) is 8.60. The lowest BCUT2D eigenvalue weighted by molar-refractivity contribution is -0.148. The van der Waals surface area contributed by atoms with Gasteiger partial charge in [-0.3, -0.25) is 4.79 Å². The number of halogens is 1. The number of nitrogens with zero attached hydrogens (tertiary/aromatic N) is 3. The van der Waals surface area contributed by atoms with Gasteiger partial charge in [-0.2, -0.15) is 0 Å². The lowest BCUT2D eigenvalue weighted by Crippen LogP contribution is -2.51. The normalized spacial score (nSPS) is 25.3. The molecule has 4 N–H and O–H groups in total. The van der Waals surface area contributed by atoms with Gasteiger partial charge < -0.3 is 20.4 Å². The number of nitrogens with one attached hydrogen (secondary N) is 3. The Morgan fingerprint density at radius 2 is 1.90 bits per heavy atom. The van der Waals surface area contributed by atoms with Crippen molar-refractivity contribution in [1.29, 1.82) is 0 Å². The average Bonchev–Trinajstić information content (AvgIpc) is 3.41. The molecule has 31 heavy (non-hydrogen) atoms. The minimum Gasteiger partial charge on any atom is -0.481 e. The second-order valence-corrected chi connectivity index (χ2v) is 8.60. The van der Waals surface area contributed by atoms with Crippen molar-refractivity contribution in [3.63, 3.8) is 0 Å². The number of carboxylic acid groups (broad SMARTS) is 1. The molecule has 4 aromatic rings. The van der Waals surface area contributed by atoms with Crippen molar-refractivity contribution >= 4 is 33.9 Å². The average molecular weight is 420 g/mol. The quantitative estimate of drug-likeness (QED) is 0.397. The van der Waals surface area contributed by atoms with Gasteiger partial charge in [-0.15, -0.1) is 0 Å². The first-order valence-corrected chi connectivity index (χ1v) is 10.6. The molecule has 4 aromatic heterocycles. The van der Waals surface area contributed by atoms with E-state index >= 15 is 0 Å². The number of aromatic nitrogens is 5. The fourth-order valence-electron chi connectivity index (χ4n) is 5.50. The van der Waals surface area contributed by atoms with E-state index < -0.39 is 17.7 Å². The molecule has 0 spiro atoms. The van der Waals surface area contributed by atoms with Crippen LogP contribution in [-0.4, -0.2) is 42.0 Å². The summed E-state index contributed by atoms with van der Waals surface area (Å²) in [5.74, 6) is -0.0746. The predicted octanol–water partition coefficient (Wildman–Crippen LogP) is 3.94. The number of fused-ring (bicyclic) bond motifs is 5. The van der Waals surface area contributed by atoms with Gasteiger partial charge in [0.25, 0.3) is 0 Å². The van der Waals surface area contributed by atoms with Crippen LogP contribution in [0.25, 0.3) is 33.5 Å². The first kappa shape index (κ1) is 18.3. The summed E-state index contributed by atoms with van der Waals surface area (Å²) in [5, 5.41) is 14.8. The number of H-pyrrole nitrogens is 2. The highest BCUT2D eigenvalue weighted by Gasteiger charge is 2.47. The van der Waals surface area contributed by atoms with Crippen molar-refractivity contribution in [2.24, 2.45) is 17.8 Å². The maximum atomic E-state index is 13.8. The summed E-state index contributed by atoms with van der Waals surface area (Å²) < 4.78 is 13.8. The van der Waals surface area contributed by atoms with Gasteiger partial charge >= 0.3 is 5.97 Å². The molecule has 9 heteroatoms. The van der Waals surface area contributed by atoms with Crippen LogP contribution in [0.15, 0.2) is 30.7 Å². The Balaban J connectivity index is 1.46. The molecule has 2 bridgehead atoms. The molecular weight excluding hydrogens is 399 g/mol. The molecule has 0 aliphatic heterocycles. The predicted molar refractivity (Wildman–Crippen MR) is 113 cm³/mol. The third kappa shape index (κ3) is 2.87. The highest BCUT2D eigenvalue weighted by Crippen LogP contribution is 2.46. The van der Waals surface area contributed by atoms with E-state index in [1.54, 1.807) is 12.4 Å². The molecular formula is C22H21FN6O2. The van der Waals surface area contributed by atoms with Crippen LogP contribution >= 0.6 is 0 Å². The van der Waals surface area contributed by atoms with Crippen molar-refractivity contribution in [2.75, 3.05) is 5.32 Å². The monoisotopic (exact) mass is 420 g/mol. The SMILES string of the molecule is O=C(O)[C@H]1C2CCC(CC2)[C@@H]1Nc1nc(-c2c[nH]c3ncc(F)cc23)nc2[nH]ccc12. The number of aromatic amines is 2. The van der Waals surface area contributed by atoms with Gasteiger partial charge in [-0.05, 0) is 49.7 Å². The van der Waals surface area contributed by atoms with E-state index in [2.05, 4.69) is 25.3 Å². The van der Waals surface area contributed by atoms with Crippen LogP contribution in [0.4, 0.5) is 10.2 Å². The lowest BCUT2D eigenvalue weighted by atomic mass is 9.61. The van der Waals surface area contributed by atoms with Crippen molar-refractivity contribution < 1.29 is 14.3 Å². The Labute approximate surface area is 176 Å². The van der Waals surface area contributed by atoms with Gasteiger partial charge in [0, 0.05) is 29.4 Å². The minimum atomic E-state index is -0.746. The van der Waals surface area contributed by atoms with Gasteiger partial charge in [0.05, 0.1) is 17.5 Å². The van der Waals surface area contributed by atoms with E-state index in [1.807, 2.05) is 6.07 Å². The topological polar surface area (TPSA) is 120 Å². The number of carbonyl (C=O) groups is 1. The number of rotatable bonds is 4. The van der Waals surface area contributed by atoms with Crippen LogP contribution in [0.3, 0.4) is 0 Å². The van der Waals surface area contributed by atoms with Crippen LogP contribution in [0.1, 0.15) is 25.7 Å². The molecule has 3 saturated carbocycles. The Bertz CT molecular complexity index is 1310.